The van der Waals surface area contributed by atoms with Crippen LogP contribution in [0.5, 0.6) is 0 Å². The summed E-state index contributed by atoms with van der Waals surface area (Å²) in [6.45, 7) is 6.37. The van der Waals surface area contributed by atoms with E-state index < -0.39 is 5.97 Å². The van der Waals surface area contributed by atoms with Gasteiger partial charge >= 0.3 is 5.97 Å². The third-order valence-electron chi connectivity index (χ3n) is 6.17. The van der Waals surface area contributed by atoms with Crippen LogP contribution >= 0.6 is 0 Å². The lowest BCUT2D eigenvalue weighted by Gasteiger charge is -2.22. The van der Waals surface area contributed by atoms with E-state index in [1.54, 1.807) is 12.4 Å². The number of rotatable bonds is 9. The molecule has 4 rings (SSSR count). The average Bonchev–Trinajstić information content (AvgIpc) is 3.20. The van der Waals surface area contributed by atoms with E-state index in [1.165, 1.54) is 0 Å². The summed E-state index contributed by atoms with van der Waals surface area (Å²) in [4.78, 5) is 25.1. The number of nitrogens with one attached hydrogen (secondary N) is 1. The molecule has 0 saturated carbocycles. The van der Waals surface area contributed by atoms with Crippen LogP contribution in [0.15, 0.2) is 59.0 Å². The zero-order chi connectivity index (χ0) is 23.8. The number of benzene rings is 1. The van der Waals surface area contributed by atoms with Crippen LogP contribution in [0.1, 0.15) is 42.5 Å². The van der Waals surface area contributed by atoms with Crippen LogP contribution in [0.4, 0.5) is 0 Å². The van der Waals surface area contributed by atoms with Crippen LogP contribution in [-0.4, -0.2) is 83.2 Å². The molecule has 34 heavy (non-hydrogen) atoms. The number of aromatic nitrogens is 1. The van der Waals surface area contributed by atoms with Gasteiger partial charge in [0.05, 0.1) is 24.5 Å². The molecule has 1 aromatic heterocycles. The van der Waals surface area contributed by atoms with Crippen LogP contribution in [0, 0.1) is 0 Å². The highest BCUT2D eigenvalue weighted by molar-refractivity contribution is 6.01. The summed E-state index contributed by atoms with van der Waals surface area (Å²) < 4.78 is 0. The molecular formula is C25H32N6O3. The van der Waals surface area contributed by atoms with Crippen molar-refractivity contribution in [3.05, 3.63) is 65.5 Å². The fourth-order valence-corrected chi connectivity index (χ4v) is 4.25. The van der Waals surface area contributed by atoms with Gasteiger partial charge in [-0.1, -0.05) is 29.4 Å². The highest BCUT2D eigenvalue weighted by Crippen LogP contribution is 2.19. The van der Waals surface area contributed by atoms with Crippen molar-refractivity contribution in [3.63, 3.8) is 0 Å². The van der Waals surface area contributed by atoms with Gasteiger partial charge in [-0.05, 0) is 48.7 Å². The van der Waals surface area contributed by atoms with Gasteiger partial charge in [-0.3, -0.25) is 19.6 Å². The van der Waals surface area contributed by atoms with Crippen LogP contribution in [0.25, 0.3) is 0 Å². The SMILES string of the molecule is CC(N/N=C/c1ccc(C2=NOC(CN3CCCN(CC(=O)O)CC3)C2)cc1)c1ccncc1. The quantitative estimate of drug-likeness (QED) is 0.434. The molecule has 9 heteroatoms. The largest absolute Gasteiger partial charge is 0.480 e. The Morgan fingerprint density at radius 2 is 1.91 bits per heavy atom. The number of carboxylic acid groups (broad SMARTS) is 1. The number of carboxylic acids is 1. The van der Waals surface area contributed by atoms with Gasteiger partial charge < -0.3 is 15.4 Å². The minimum Gasteiger partial charge on any atom is -0.480 e. The second kappa shape index (κ2) is 11.7. The topological polar surface area (TPSA) is 103 Å². The molecule has 2 aliphatic rings. The molecule has 0 bridgehead atoms. The second-order valence-corrected chi connectivity index (χ2v) is 8.81. The van der Waals surface area contributed by atoms with Gasteiger partial charge in [0.15, 0.2) is 0 Å². The number of hydrogen-bond acceptors (Lipinski definition) is 8. The molecule has 3 heterocycles. The van der Waals surface area contributed by atoms with E-state index in [0.717, 1.165) is 68.0 Å². The minimum atomic E-state index is -0.765. The molecule has 9 nitrogen and oxygen atoms in total. The van der Waals surface area contributed by atoms with E-state index in [0.29, 0.717) is 0 Å². The number of aliphatic carboxylic acids is 1. The van der Waals surface area contributed by atoms with Crippen molar-refractivity contribution in [2.45, 2.75) is 31.9 Å². The average molecular weight is 465 g/mol. The number of hydrogen-bond donors (Lipinski definition) is 2. The zero-order valence-electron chi connectivity index (χ0n) is 19.5. The first-order valence-corrected chi connectivity index (χ1v) is 11.7. The molecule has 2 atom stereocenters. The Balaban J connectivity index is 1.23. The van der Waals surface area contributed by atoms with E-state index in [4.69, 9.17) is 9.94 Å². The zero-order valence-corrected chi connectivity index (χ0v) is 19.5. The van der Waals surface area contributed by atoms with Crippen LogP contribution in [-0.2, 0) is 9.63 Å². The number of carbonyl (C=O) groups is 1. The lowest BCUT2D eigenvalue weighted by molar-refractivity contribution is -0.138. The minimum absolute atomic E-state index is 0.0288. The molecule has 1 saturated heterocycles. The molecule has 0 radical (unpaired) electrons. The summed E-state index contributed by atoms with van der Waals surface area (Å²) in [5, 5.41) is 17.7. The molecule has 0 amide bonds. The molecule has 1 aromatic carbocycles. The lowest BCUT2D eigenvalue weighted by atomic mass is 10.0. The Labute approximate surface area is 200 Å². The van der Waals surface area contributed by atoms with Gasteiger partial charge in [-0.25, -0.2) is 0 Å². The summed E-state index contributed by atoms with van der Waals surface area (Å²) in [6, 6.07) is 12.2. The van der Waals surface area contributed by atoms with Crippen molar-refractivity contribution in [2.24, 2.45) is 10.3 Å². The van der Waals surface area contributed by atoms with Crippen molar-refractivity contribution in [3.8, 4) is 0 Å². The Hall–Kier alpha value is -3.30. The predicted octanol–water partition coefficient (Wildman–Crippen LogP) is 2.35. The monoisotopic (exact) mass is 464 g/mol. The fraction of sp³-hybridized carbons (Fsp3) is 0.440. The molecule has 1 fully saturated rings. The van der Waals surface area contributed by atoms with Crippen molar-refractivity contribution < 1.29 is 14.7 Å². The van der Waals surface area contributed by atoms with E-state index in [-0.39, 0.29) is 18.7 Å². The van der Waals surface area contributed by atoms with Gasteiger partial charge in [0, 0.05) is 45.0 Å². The molecule has 2 aliphatic heterocycles. The third-order valence-corrected chi connectivity index (χ3v) is 6.17. The Bertz CT molecular complexity index is 995. The maximum Gasteiger partial charge on any atom is 0.317 e. The molecule has 180 valence electrons. The second-order valence-electron chi connectivity index (χ2n) is 8.81. The molecule has 0 spiro atoms. The summed E-state index contributed by atoms with van der Waals surface area (Å²) in [5.41, 5.74) is 7.29. The highest BCUT2D eigenvalue weighted by Gasteiger charge is 2.26. The highest BCUT2D eigenvalue weighted by atomic mass is 16.6. The number of oxime groups is 1. The van der Waals surface area contributed by atoms with Crippen LogP contribution in [0.3, 0.4) is 0 Å². The number of nitrogens with zero attached hydrogens (tertiary/aromatic N) is 5. The van der Waals surface area contributed by atoms with E-state index >= 15 is 0 Å². The van der Waals surface area contributed by atoms with Crippen molar-refractivity contribution in [1.29, 1.82) is 0 Å². The van der Waals surface area contributed by atoms with Gasteiger partial charge in [-0.2, -0.15) is 5.10 Å². The maximum absolute atomic E-state index is 11.0. The smallest absolute Gasteiger partial charge is 0.317 e. The van der Waals surface area contributed by atoms with Crippen molar-refractivity contribution >= 4 is 17.9 Å². The first-order valence-electron chi connectivity index (χ1n) is 11.7. The molecule has 0 aliphatic carbocycles. The lowest BCUT2D eigenvalue weighted by Crippen LogP contribution is -2.37. The van der Waals surface area contributed by atoms with Gasteiger partial charge in [0.2, 0.25) is 0 Å². The number of hydrazone groups is 1. The molecule has 2 aromatic rings. The Morgan fingerprint density at radius 1 is 1.18 bits per heavy atom. The van der Waals surface area contributed by atoms with E-state index in [2.05, 4.69) is 32.5 Å². The Morgan fingerprint density at radius 3 is 2.68 bits per heavy atom. The van der Waals surface area contributed by atoms with Gasteiger partial charge in [0.1, 0.15) is 6.10 Å². The summed E-state index contributed by atoms with van der Waals surface area (Å²) in [7, 11) is 0. The van der Waals surface area contributed by atoms with Crippen LogP contribution in [0.2, 0.25) is 0 Å². The van der Waals surface area contributed by atoms with Crippen molar-refractivity contribution in [1.82, 2.24) is 20.2 Å². The summed E-state index contributed by atoms with van der Waals surface area (Å²) in [6.07, 6.45) is 7.13. The predicted molar refractivity (Wildman–Crippen MR) is 131 cm³/mol. The van der Waals surface area contributed by atoms with Gasteiger partial charge in [0.25, 0.3) is 0 Å². The molecular weight excluding hydrogens is 432 g/mol. The summed E-state index contributed by atoms with van der Waals surface area (Å²) in [5.74, 6) is -0.765. The third kappa shape index (κ3) is 6.85. The van der Waals surface area contributed by atoms with Gasteiger partial charge in [-0.15, -0.1) is 0 Å². The van der Waals surface area contributed by atoms with E-state index in [9.17, 15) is 4.79 Å². The normalized spacial score (nSPS) is 20.5. The first-order chi connectivity index (χ1) is 16.6. The first kappa shape index (κ1) is 23.8. The number of pyridine rings is 1. The summed E-state index contributed by atoms with van der Waals surface area (Å²) >= 11 is 0. The van der Waals surface area contributed by atoms with Crippen LogP contribution < -0.4 is 5.43 Å². The molecule has 2 unspecified atom stereocenters. The van der Waals surface area contributed by atoms with Crippen molar-refractivity contribution in [2.75, 3.05) is 39.3 Å². The molecule has 2 N–H and O–H groups in total. The Kier molecular flexibility index (Phi) is 8.21. The standard InChI is InChI=1S/C25H32N6O3/c1-19(21-7-9-26-10-8-21)28-27-16-20-3-5-22(6-4-20)24-15-23(34-29-24)17-30-11-2-12-31(14-13-30)18-25(32)33/h3-10,16,19,23,28H,2,11-15,17-18H2,1H3,(H,32,33)/b27-16+. The van der Waals surface area contributed by atoms with E-state index in [1.807, 2.05) is 47.5 Å². The fourth-order valence-electron chi connectivity index (χ4n) is 4.25. The maximum atomic E-state index is 11.0.